The quantitative estimate of drug-likeness (QED) is 0.684. The van der Waals surface area contributed by atoms with Gasteiger partial charge in [0.05, 0.1) is 18.4 Å². The van der Waals surface area contributed by atoms with E-state index in [2.05, 4.69) is 49.9 Å². The zero-order valence-electron chi connectivity index (χ0n) is 15.9. The van der Waals surface area contributed by atoms with Gasteiger partial charge in [-0.25, -0.2) is 9.97 Å². The molecule has 0 aromatic carbocycles. The van der Waals surface area contributed by atoms with Gasteiger partial charge in [-0.3, -0.25) is 4.79 Å². The summed E-state index contributed by atoms with van der Waals surface area (Å²) in [5, 5.41) is 3.24. The number of rotatable bonds is 8. The van der Waals surface area contributed by atoms with Crippen molar-refractivity contribution in [3.8, 4) is 0 Å². The van der Waals surface area contributed by atoms with Gasteiger partial charge in [0, 0.05) is 18.0 Å². The van der Waals surface area contributed by atoms with E-state index in [0.29, 0.717) is 36.1 Å². The molecular weight excluding hydrogens is 314 g/mol. The molecule has 0 radical (unpaired) electrons. The minimum atomic E-state index is -0.180. The van der Waals surface area contributed by atoms with Crippen LogP contribution in [0.1, 0.15) is 75.8 Å². The Kier molecular flexibility index (Phi) is 6.34. The molecule has 2 heterocycles. The summed E-state index contributed by atoms with van der Waals surface area (Å²) in [6, 6.07) is 3.73. The number of Topliss-reactive ketones (excluding diaryl/α,β-unsaturated/α-hetero) is 1. The minimum Gasteiger partial charge on any atom is -0.467 e. The SMILES string of the molecule is CC(C)CCCC(=O)c1cnc(C(C)(C)C)nc1NCc1ccco1. The monoisotopic (exact) mass is 343 g/mol. The molecule has 0 unspecified atom stereocenters. The number of furan rings is 1. The average molecular weight is 343 g/mol. The first-order chi connectivity index (χ1) is 11.8. The number of nitrogens with one attached hydrogen (secondary N) is 1. The first kappa shape index (κ1) is 19.2. The highest BCUT2D eigenvalue weighted by atomic mass is 16.3. The molecule has 0 aliphatic rings. The van der Waals surface area contributed by atoms with Crippen LogP contribution in [0, 0.1) is 5.92 Å². The average Bonchev–Trinajstić information content (AvgIpc) is 3.04. The predicted octanol–water partition coefficient (Wildman–Crippen LogP) is 4.99. The Hall–Kier alpha value is -2.17. The molecule has 2 aromatic rings. The van der Waals surface area contributed by atoms with Crippen molar-refractivity contribution in [3.63, 3.8) is 0 Å². The number of anilines is 1. The maximum atomic E-state index is 12.6. The first-order valence-electron chi connectivity index (χ1n) is 8.94. The summed E-state index contributed by atoms with van der Waals surface area (Å²) < 4.78 is 5.35. The molecule has 136 valence electrons. The van der Waals surface area contributed by atoms with Gasteiger partial charge in [0.2, 0.25) is 0 Å². The maximum absolute atomic E-state index is 12.6. The standard InChI is InChI=1S/C20H29N3O2/c1-14(2)8-6-10-17(24)16-13-22-19(20(3,4)5)23-18(16)21-12-15-9-7-11-25-15/h7,9,11,13-14H,6,8,10,12H2,1-5H3,(H,21,22,23). The van der Waals surface area contributed by atoms with Crippen LogP contribution in [-0.2, 0) is 12.0 Å². The lowest BCUT2D eigenvalue weighted by Crippen LogP contribution is -2.19. The van der Waals surface area contributed by atoms with Crippen LogP contribution >= 0.6 is 0 Å². The highest BCUT2D eigenvalue weighted by molar-refractivity contribution is 6.00. The normalized spacial score (nSPS) is 11.8. The number of aromatic nitrogens is 2. The second kappa shape index (κ2) is 8.28. The molecule has 0 fully saturated rings. The van der Waals surface area contributed by atoms with Crippen LogP contribution in [0.4, 0.5) is 5.82 Å². The maximum Gasteiger partial charge on any atom is 0.168 e. The highest BCUT2D eigenvalue weighted by Gasteiger charge is 2.21. The predicted molar refractivity (Wildman–Crippen MR) is 99.8 cm³/mol. The lowest BCUT2D eigenvalue weighted by Gasteiger charge is -2.19. The zero-order chi connectivity index (χ0) is 18.4. The summed E-state index contributed by atoms with van der Waals surface area (Å²) in [6.45, 7) is 11.0. The lowest BCUT2D eigenvalue weighted by atomic mass is 9.95. The number of hydrogen-bond donors (Lipinski definition) is 1. The van der Waals surface area contributed by atoms with E-state index in [1.54, 1.807) is 12.5 Å². The van der Waals surface area contributed by atoms with Gasteiger partial charge in [0.15, 0.2) is 5.78 Å². The van der Waals surface area contributed by atoms with Crippen molar-refractivity contribution in [2.45, 2.75) is 65.8 Å². The number of ketones is 1. The molecule has 0 amide bonds. The lowest BCUT2D eigenvalue weighted by molar-refractivity contribution is 0.0978. The van der Waals surface area contributed by atoms with E-state index in [9.17, 15) is 4.79 Å². The number of nitrogens with zero attached hydrogens (tertiary/aromatic N) is 2. The molecule has 2 rings (SSSR count). The van der Waals surface area contributed by atoms with E-state index in [1.165, 1.54) is 0 Å². The van der Waals surface area contributed by atoms with E-state index in [-0.39, 0.29) is 11.2 Å². The Morgan fingerprint density at radius 1 is 1.32 bits per heavy atom. The van der Waals surface area contributed by atoms with Gasteiger partial charge < -0.3 is 9.73 Å². The second-order valence-electron chi connectivity index (χ2n) is 7.85. The van der Waals surface area contributed by atoms with Crippen molar-refractivity contribution in [3.05, 3.63) is 41.7 Å². The van der Waals surface area contributed by atoms with Crippen LogP contribution < -0.4 is 5.32 Å². The topological polar surface area (TPSA) is 68.0 Å². The van der Waals surface area contributed by atoms with Gasteiger partial charge in [-0.05, 0) is 24.5 Å². The molecule has 5 nitrogen and oxygen atoms in total. The molecule has 5 heteroatoms. The molecule has 0 saturated heterocycles. The molecule has 0 saturated carbocycles. The molecule has 0 atom stereocenters. The largest absolute Gasteiger partial charge is 0.467 e. The highest BCUT2D eigenvalue weighted by Crippen LogP contribution is 2.23. The fourth-order valence-corrected chi connectivity index (χ4v) is 2.47. The number of carbonyl (C=O) groups is 1. The fraction of sp³-hybridized carbons (Fsp3) is 0.550. The third-order valence-electron chi connectivity index (χ3n) is 3.96. The van der Waals surface area contributed by atoms with Crippen molar-refractivity contribution >= 4 is 11.6 Å². The Bertz CT molecular complexity index is 685. The summed E-state index contributed by atoms with van der Waals surface area (Å²) >= 11 is 0. The Balaban J connectivity index is 2.19. The molecule has 25 heavy (non-hydrogen) atoms. The van der Waals surface area contributed by atoms with Crippen molar-refractivity contribution in [2.75, 3.05) is 5.32 Å². The third kappa shape index (κ3) is 5.69. The minimum absolute atomic E-state index is 0.0862. The van der Waals surface area contributed by atoms with Crippen molar-refractivity contribution in [2.24, 2.45) is 5.92 Å². The first-order valence-corrected chi connectivity index (χ1v) is 8.94. The van der Waals surface area contributed by atoms with Crippen molar-refractivity contribution in [1.82, 2.24) is 9.97 Å². The van der Waals surface area contributed by atoms with E-state index < -0.39 is 0 Å². The van der Waals surface area contributed by atoms with Crippen molar-refractivity contribution < 1.29 is 9.21 Å². The number of carbonyl (C=O) groups excluding carboxylic acids is 1. The van der Waals surface area contributed by atoms with E-state index >= 15 is 0 Å². The number of hydrogen-bond acceptors (Lipinski definition) is 5. The summed E-state index contributed by atoms with van der Waals surface area (Å²) in [6.07, 6.45) is 5.74. The fourth-order valence-electron chi connectivity index (χ4n) is 2.47. The summed E-state index contributed by atoms with van der Waals surface area (Å²) in [7, 11) is 0. The van der Waals surface area contributed by atoms with Crippen LogP contribution in [0.15, 0.2) is 29.0 Å². The van der Waals surface area contributed by atoms with Gasteiger partial charge in [-0.2, -0.15) is 0 Å². The van der Waals surface area contributed by atoms with Crippen LogP contribution in [-0.4, -0.2) is 15.8 Å². The molecule has 1 N–H and O–H groups in total. The van der Waals surface area contributed by atoms with E-state index in [0.717, 1.165) is 18.6 Å². The van der Waals surface area contributed by atoms with Crippen molar-refractivity contribution in [1.29, 1.82) is 0 Å². The summed E-state index contributed by atoms with van der Waals surface area (Å²) in [5.41, 5.74) is 0.378. The smallest absolute Gasteiger partial charge is 0.168 e. The zero-order valence-corrected chi connectivity index (χ0v) is 15.9. The van der Waals surface area contributed by atoms with Crippen LogP contribution in [0.5, 0.6) is 0 Å². The molecule has 2 aromatic heterocycles. The van der Waals surface area contributed by atoms with Crippen LogP contribution in [0.2, 0.25) is 0 Å². The molecule has 0 bridgehead atoms. The molecular formula is C20H29N3O2. The van der Waals surface area contributed by atoms with E-state index in [4.69, 9.17) is 4.42 Å². The van der Waals surface area contributed by atoms with Gasteiger partial charge >= 0.3 is 0 Å². The second-order valence-corrected chi connectivity index (χ2v) is 7.85. The van der Waals surface area contributed by atoms with Gasteiger partial charge in [-0.1, -0.05) is 41.0 Å². The van der Waals surface area contributed by atoms with Gasteiger partial charge in [0.1, 0.15) is 17.4 Å². The molecule has 0 aliphatic heterocycles. The molecule has 0 spiro atoms. The summed E-state index contributed by atoms with van der Waals surface area (Å²) in [4.78, 5) is 21.7. The van der Waals surface area contributed by atoms with Crippen LogP contribution in [0.3, 0.4) is 0 Å². The van der Waals surface area contributed by atoms with Crippen LogP contribution in [0.25, 0.3) is 0 Å². The van der Waals surface area contributed by atoms with Gasteiger partial charge in [0.25, 0.3) is 0 Å². The molecule has 0 aliphatic carbocycles. The van der Waals surface area contributed by atoms with E-state index in [1.807, 2.05) is 12.1 Å². The van der Waals surface area contributed by atoms with Gasteiger partial charge in [-0.15, -0.1) is 0 Å². The Labute approximate surface area is 150 Å². The summed E-state index contributed by atoms with van der Waals surface area (Å²) in [5.74, 6) is 2.79. The Morgan fingerprint density at radius 3 is 2.68 bits per heavy atom. The third-order valence-corrected chi connectivity index (χ3v) is 3.96. The Morgan fingerprint density at radius 2 is 2.08 bits per heavy atom.